The van der Waals surface area contributed by atoms with E-state index in [0.717, 1.165) is 25.2 Å². The monoisotopic (exact) mass is 346 g/mol. The molecule has 22 heavy (non-hydrogen) atoms. The minimum absolute atomic E-state index is 0.357. The fraction of sp³-hybridized carbons (Fsp3) is 0.556. The van der Waals surface area contributed by atoms with Crippen LogP contribution in [-0.2, 0) is 15.9 Å². The van der Waals surface area contributed by atoms with Crippen molar-refractivity contribution in [1.29, 1.82) is 0 Å². The minimum atomic E-state index is 0.357. The number of halogens is 2. The Morgan fingerprint density at radius 3 is 2.36 bits per heavy atom. The first-order valence-corrected chi connectivity index (χ1v) is 8.53. The molecule has 2 rings (SSSR count). The molecule has 0 spiro atoms. The quantitative estimate of drug-likeness (QED) is 0.598. The molecule has 1 aliphatic heterocycles. The number of hydrogen-bond donors (Lipinski definition) is 0. The Bertz CT molecular complexity index is 427. The van der Waals surface area contributed by atoms with Gasteiger partial charge in [0, 0.05) is 6.61 Å². The average molecular weight is 347 g/mol. The van der Waals surface area contributed by atoms with Crippen molar-refractivity contribution in [2.24, 2.45) is 0 Å². The largest absolute Gasteiger partial charge is 0.502 e. The van der Waals surface area contributed by atoms with E-state index in [2.05, 4.69) is 11.3 Å². The van der Waals surface area contributed by atoms with E-state index in [0.29, 0.717) is 16.1 Å². The normalized spacial score (nSPS) is 16.5. The van der Waals surface area contributed by atoms with Crippen molar-refractivity contribution < 1.29 is 9.47 Å². The number of allylic oxidation sites excluding steroid dienone is 1. The highest BCUT2D eigenvalue weighted by molar-refractivity contribution is 6.42. The predicted octanol–water partition coefficient (Wildman–Crippen LogP) is 6.30. The van der Waals surface area contributed by atoms with E-state index in [9.17, 15) is 0 Å². The van der Waals surface area contributed by atoms with Gasteiger partial charge in [-0.1, -0.05) is 49.7 Å². The molecule has 1 atom stereocenters. The third-order valence-corrected chi connectivity index (χ3v) is 3.81. The summed E-state index contributed by atoms with van der Waals surface area (Å²) in [7, 11) is 1.60. The number of methoxy groups -OCH3 is 1. The lowest BCUT2D eigenvalue weighted by Gasteiger charge is -2.22. The minimum Gasteiger partial charge on any atom is -0.502 e. The second-order valence-electron chi connectivity index (χ2n) is 4.85. The Hall–Kier alpha value is -0.700. The van der Waals surface area contributed by atoms with Crippen LogP contribution in [-0.4, -0.2) is 19.8 Å². The Balaban J connectivity index is 0.000000540. The van der Waals surface area contributed by atoms with Gasteiger partial charge in [-0.25, -0.2) is 0 Å². The van der Waals surface area contributed by atoms with Gasteiger partial charge in [-0.2, -0.15) is 0 Å². The molecular weight excluding hydrogens is 319 g/mol. The topological polar surface area (TPSA) is 18.5 Å². The van der Waals surface area contributed by atoms with Gasteiger partial charge in [-0.15, -0.1) is 0 Å². The molecule has 0 N–H and O–H groups in total. The molecule has 1 aliphatic rings. The molecule has 0 saturated carbocycles. The average Bonchev–Trinajstić information content (AvgIpc) is 2.54. The van der Waals surface area contributed by atoms with Crippen molar-refractivity contribution in [1.82, 2.24) is 0 Å². The highest BCUT2D eigenvalue weighted by Gasteiger charge is 2.14. The lowest BCUT2D eigenvalue weighted by atomic mass is 10.0. The van der Waals surface area contributed by atoms with Gasteiger partial charge in [-0.3, -0.25) is 0 Å². The first kappa shape index (κ1) is 21.3. The molecule has 1 heterocycles. The summed E-state index contributed by atoms with van der Waals surface area (Å²) in [4.78, 5) is 0. The molecule has 1 unspecified atom stereocenters. The van der Waals surface area contributed by atoms with Gasteiger partial charge in [-0.05, 0) is 50.3 Å². The number of benzene rings is 1. The maximum Gasteiger partial charge on any atom is 0.0853 e. The molecule has 0 bridgehead atoms. The zero-order valence-corrected chi connectivity index (χ0v) is 15.6. The first-order chi connectivity index (χ1) is 10.5. The standard InChI is InChI=1S/C12H14Cl2O.C4H8O.C2H6/c13-11-5-4-9(8-12(11)14)7-10-3-1-2-6-15-10;1-4(2)5-3;1-2/h4-5,8,10H,1-3,6-7H2;1H2,2-3H3;1-2H3. The molecule has 1 saturated heterocycles. The molecule has 0 amide bonds. The van der Waals surface area contributed by atoms with Gasteiger partial charge < -0.3 is 9.47 Å². The van der Waals surface area contributed by atoms with Crippen LogP contribution in [0, 0.1) is 0 Å². The fourth-order valence-electron chi connectivity index (χ4n) is 1.90. The summed E-state index contributed by atoms with van der Waals surface area (Å²) < 4.78 is 10.2. The van der Waals surface area contributed by atoms with E-state index in [1.807, 2.05) is 32.0 Å². The van der Waals surface area contributed by atoms with E-state index in [1.54, 1.807) is 14.0 Å². The fourth-order valence-corrected chi connectivity index (χ4v) is 2.22. The van der Waals surface area contributed by atoms with E-state index in [1.165, 1.54) is 18.4 Å². The van der Waals surface area contributed by atoms with Crippen molar-refractivity contribution in [2.75, 3.05) is 13.7 Å². The summed E-state index contributed by atoms with van der Waals surface area (Å²) in [6.45, 7) is 10.2. The van der Waals surface area contributed by atoms with Crippen molar-refractivity contribution in [3.8, 4) is 0 Å². The zero-order valence-electron chi connectivity index (χ0n) is 14.1. The van der Waals surface area contributed by atoms with Gasteiger partial charge in [0.05, 0.1) is 29.0 Å². The third-order valence-electron chi connectivity index (χ3n) is 3.07. The van der Waals surface area contributed by atoms with Gasteiger partial charge >= 0.3 is 0 Å². The smallest absolute Gasteiger partial charge is 0.0853 e. The van der Waals surface area contributed by atoms with Gasteiger partial charge in [0.2, 0.25) is 0 Å². The second kappa shape index (κ2) is 12.8. The Kier molecular flexibility index (Phi) is 12.4. The predicted molar refractivity (Wildman–Crippen MR) is 96.9 cm³/mol. The highest BCUT2D eigenvalue weighted by Crippen LogP contribution is 2.24. The van der Waals surface area contributed by atoms with Crippen molar-refractivity contribution in [2.45, 2.75) is 52.6 Å². The molecule has 1 aromatic rings. The van der Waals surface area contributed by atoms with Crippen LogP contribution in [0.1, 0.15) is 45.6 Å². The van der Waals surface area contributed by atoms with Crippen LogP contribution in [0.25, 0.3) is 0 Å². The second-order valence-corrected chi connectivity index (χ2v) is 5.66. The van der Waals surface area contributed by atoms with Crippen LogP contribution in [0.4, 0.5) is 0 Å². The van der Waals surface area contributed by atoms with Crippen LogP contribution in [0.2, 0.25) is 10.0 Å². The lowest BCUT2D eigenvalue weighted by molar-refractivity contribution is 0.0168. The van der Waals surface area contributed by atoms with E-state index < -0.39 is 0 Å². The first-order valence-electron chi connectivity index (χ1n) is 7.78. The van der Waals surface area contributed by atoms with Gasteiger partial charge in [0.25, 0.3) is 0 Å². The molecule has 126 valence electrons. The van der Waals surface area contributed by atoms with E-state index >= 15 is 0 Å². The maximum atomic E-state index is 5.96. The maximum absolute atomic E-state index is 5.96. The number of rotatable bonds is 3. The molecular formula is C18H28Cl2O2. The summed E-state index contributed by atoms with van der Waals surface area (Å²) in [6.07, 6.45) is 4.91. The molecule has 0 aromatic heterocycles. The van der Waals surface area contributed by atoms with Crippen LogP contribution in [0.5, 0.6) is 0 Å². The van der Waals surface area contributed by atoms with Crippen molar-refractivity contribution in [3.05, 3.63) is 46.1 Å². The van der Waals surface area contributed by atoms with Crippen LogP contribution < -0.4 is 0 Å². The third kappa shape index (κ3) is 9.34. The molecule has 0 radical (unpaired) electrons. The zero-order chi connectivity index (χ0) is 17.0. The van der Waals surface area contributed by atoms with Crippen molar-refractivity contribution in [3.63, 3.8) is 0 Å². The Labute approximate surface area is 145 Å². The van der Waals surface area contributed by atoms with Crippen LogP contribution in [0.3, 0.4) is 0 Å². The summed E-state index contributed by atoms with van der Waals surface area (Å²) in [5.41, 5.74) is 1.20. The Morgan fingerprint density at radius 1 is 1.27 bits per heavy atom. The summed E-state index contributed by atoms with van der Waals surface area (Å²) in [5, 5.41) is 1.25. The molecule has 2 nitrogen and oxygen atoms in total. The number of hydrogen-bond acceptors (Lipinski definition) is 2. The van der Waals surface area contributed by atoms with Crippen LogP contribution >= 0.6 is 23.2 Å². The summed E-state index contributed by atoms with van der Waals surface area (Å²) >= 11 is 11.8. The van der Waals surface area contributed by atoms with Crippen LogP contribution in [0.15, 0.2) is 30.5 Å². The van der Waals surface area contributed by atoms with Crippen molar-refractivity contribution >= 4 is 23.2 Å². The molecule has 1 fully saturated rings. The lowest BCUT2D eigenvalue weighted by Crippen LogP contribution is -2.21. The molecule has 0 aliphatic carbocycles. The van der Waals surface area contributed by atoms with Gasteiger partial charge in [0.15, 0.2) is 0 Å². The Morgan fingerprint density at radius 2 is 1.91 bits per heavy atom. The number of ether oxygens (including phenoxy) is 2. The SMILES string of the molecule is C=C(C)OC.CC.Clc1ccc(CC2CCCCO2)cc1Cl. The van der Waals surface area contributed by atoms with E-state index in [4.69, 9.17) is 27.9 Å². The summed E-state index contributed by atoms with van der Waals surface area (Å²) in [5.74, 6) is 0.755. The van der Waals surface area contributed by atoms with Gasteiger partial charge in [0.1, 0.15) is 0 Å². The van der Waals surface area contributed by atoms with E-state index in [-0.39, 0.29) is 0 Å². The molecule has 4 heteroatoms. The highest BCUT2D eigenvalue weighted by atomic mass is 35.5. The summed E-state index contributed by atoms with van der Waals surface area (Å²) in [6, 6.07) is 5.80. The molecule has 1 aromatic carbocycles.